The molecule has 0 fully saturated rings. The average molecular weight is 198 g/mol. The maximum Gasteiger partial charge on any atom is 0.185 e. The molecule has 0 aliphatic carbocycles. The molecule has 4 N–H and O–H groups in total. The number of hydrogen-bond acceptors (Lipinski definition) is 1. The molecule has 58 valence electrons. The zero-order valence-electron chi connectivity index (χ0n) is 6.10. The molecular weight excluding hydrogens is 182 g/mol. The Bertz CT molecular complexity index is 49.0. The predicted octanol–water partition coefficient (Wildman–Crippen LogP) is -3.01. The fraction of sp³-hybridized carbons (Fsp3) is 1.00. The third-order valence-electron chi connectivity index (χ3n) is 1.08. The first-order valence-corrected chi connectivity index (χ1v) is 3.14. The van der Waals surface area contributed by atoms with Crippen molar-refractivity contribution < 1.29 is 27.8 Å². The summed E-state index contributed by atoms with van der Waals surface area (Å²) >= 11 is 0. The van der Waals surface area contributed by atoms with Crippen molar-refractivity contribution in [2.75, 3.05) is 0 Å². The van der Waals surface area contributed by atoms with E-state index in [1.807, 2.05) is 0 Å². The van der Waals surface area contributed by atoms with Crippen LogP contribution in [0.4, 0.5) is 0 Å². The molecule has 0 aromatic heterocycles. The molecule has 1 unspecified atom stereocenters. The summed E-state index contributed by atoms with van der Waals surface area (Å²) in [6, 6.07) is 0. The van der Waals surface area contributed by atoms with Gasteiger partial charge in [-0.2, -0.15) is 0 Å². The SMILES string of the molecule is CC(C)CCC([NH3+])O.[Br-]. The van der Waals surface area contributed by atoms with Gasteiger partial charge in [-0.05, 0) is 12.3 Å². The van der Waals surface area contributed by atoms with E-state index >= 15 is 0 Å². The minimum absolute atomic E-state index is 0. The monoisotopic (exact) mass is 197 g/mol. The van der Waals surface area contributed by atoms with E-state index in [0.717, 1.165) is 12.8 Å². The van der Waals surface area contributed by atoms with Crippen molar-refractivity contribution >= 4 is 0 Å². The zero-order chi connectivity index (χ0) is 6.57. The summed E-state index contributed by atoms with van der Waals surface area (Å²) in [4.78, 5) is 0. The van der Waals surface area contributed by atoms with Crippen LogP contribution in [0.15, 0.2) is 0 Å². The van der Waals surface area contributed by atoms with Crippen LogP contribution >= 0.6 is 0 Å². The highest BCUT2D eigenvalue weighted by Gasteiger charge is 2.00. The minimum atomic E-state index is -0.364. The summed E-state index contributed by atoms with van der Waals surface area (Å²) in [7, 11) is 0. The molecule has 0 aromatic rings. The Kier molecular flexibility index (Phi) is 8.77. The Morgan fingerprint density at radius 2 is 1.78 bits per heavy atom. The fourth-order valence-electron chi connectivity index (χ4n) is 0.526. The van der Waals surface area contributed by atoms with Gasteiger partial charge < -0.3 is 27.8 Å². The lowest BCUT2D eigenvalue weighted by molar-refractivity contribution is -0.483. The molecular formula is C6H16BrNO. The molecule has 0 saturated carbocycles. The largest absolute Gasteiger partial charge is 1.00 e. The van der Waals surface area contributed by atoms with Gasteiger partial charge in [0.05, 0.1) is 0 Å². The number of halogens is 1. The smallest absolute Gasteiger partial charge is 0.185 e. The van der Waals surface area contributed by atoms with Crippen molar-refractivity contribution in [2.45, 2.75) is 32.9 Å². The van der Waals surface area contributed by atoms with Gasteiger partial charge in [0.2, 0.25) is 0 Å². The highest BCUT2D eigenvalue weighted by Crippen LogP contribution is 2.02. The van der Waals surface area contributed by atoms with E-state index in [9.17, 15) is 0 Å². The first-order chi connectivity index (χ1) is 3.63. The van der Waals surface area contributed by atoms with Crippen molar-refractivity contribution in [2.24, 2.45) is 5.92 Å². The number of aliphatic hydroxyl groups excluding tert-OH is 1. The molecule has 2 nitrogen and oxygen atoms in total. The molecule has 0 bridgehead atoms. The van der Waals surface area contributed by atoms with Crippen LogP contribution in [0.2, 0.25) is 0 Å². The molecule has 9 heavy (non-hydrogen) atoms. The quantitative estimate of drug-likeness (QED) is 0.466. The highest BCUT2D eigenvalue weighted by molar-refractivity contribution is 4.44. The van der Waals surface area contributed by atoms with E-state index in [4.69, 9.17) is 5.11 Å². The van der Waals surface area contributed by atoms with Crippen LogP contribution in [0.25, 0.3) is 0 Å². The van der Waals surface area contributed by atoms with Gasteiger partial charge in [0.15, 0.2) is 6.23 Å². The van der Waals surface area contributed by atoms with Crippen LogP contribution < -0.4 is 22.7 Å². The number of aliphatic hydroxyl groups is 1. The summed E-state index contributed by atoms with van der Waals surface area (Å²) in [6.45, 7) is 4.28. The van der Waals surface area contributed by atoms with Crippen LogP contribution in [0.1, 0.15) is 26.7 Å². The van der Waals surface area contributed by atoms with Crippen molar-refractivity contribution in [1.82, 2.24) is 0 Å². The van der Waals surface area contributed by atoms with E-state index in [-0.39, 0.29) is 23.2 Å². The van der Waals surface area contributed by atoms with Crippen molar-refractivity contribution in [1.29, 1.82) is 0 Å². The molecule has 1 atom stereocenters. The Hall–Kier alpha value is 0.400. The van der Waals surface area contributed by atoms with Crippen LogP contribution in [0.3, 0.4) is 0 Å². The maximum atomic E-state index is 8.69. The summed E-state index contributed by atoms with van der Waals surface area (Å²) in [5, 5.41) is 8.69. The van der Waals surface area contributed by atoms with Crippen LogP contribution in [-0.4, -0.2) is 11.3 Å². The van der Waals surface area contributed by atoms with Crippen LogP contribution in [0.5, 0.6) is 0 Å². The standard InChI is InChI=1S/C6H15NO.BrH/c1-5(2)3-4-6(7)8;/h5-6,8H,3-4,7H2,1-2H3;1H. The molecule has 0 saturated heterocycles. The second-order valence-corrected chi connectivity index (χ2v) is 2.63. The minimum Gasteiger partial charge on any atom is -1.00 e. The summed E-state index contributed by atoms with van der Waals surface area (Å²) in [6.07, 6.45) is 1.54. The fourth-order valence-corrected chi connectivity index (χ4v) is 0.526. The van der Waals surface area contributed by atoms with Crippen LogP contribution in [0, 0.1) is 5.92 Å². The first-order valence-electron chi connectivity index (χ1n) is 3.14. The summed E-state index contributed by atoms with van der Waals surface area (Å²) in [5.74, 6) is 0.686. The van der Waals surface area contributed by atoms with Gasteiger partial charge in [0.25, 0.3) is 0 Å². The third kappa shape index (κ3) is 11.8. The molecule has 0 aliphatic heterocycles. The summed E-state index contributed by atoms with van der Waals surface area (Å²) < 4.78 is 0. The van der Waals surface area contributed by atoms with E-state index in [0.29, 0.717) is 5.92 Å². The first kappa shape index (κ1) is 12.1. The molecule has 0 amide bonds. The Morgan fingerprint density at radius 3 is 1.89 bits per heavy atom. The van der Waals surface area contributed by atoms with E-state index < -0.39 is 0 Å². The predicted molar refractivity (Wildman–Crippen MR) is 33.0 cm³/mol. The van der Waals surface area contributed by atoms with Gasteiger partial charge in [-0.1, -0.05) is 13.8 Å². The van der Waals surface area contributed by atoms with E-state index in [1.165, 1.54) is 0 Å². The second kappa shape index (κ2) is 6.52. The van der Waals surface area contributed by atoms with E-state index in [1.54, 1.807) is 0 Å². The number of quaternary nitrogens is 1. The molecule has 0 heterocycles. The van der Waals surface area contributed by atoms with Crippen molar-refractivity contribution in [3.8, 4) is 0 Å². The van der Waals surface area contributed by atoms with E-state index in [2.05, 4.69) is 19.6 Å². The molecule has 0 rings (SSSR count). The van der Waals surface area contributed by atoms with Crippen molar-refractivity contribution in [3.05, 3.63) is 0 Å². The van der Waals surface area contributed by atoms with Gasteiger partial charge >= 0.3 is 0 Å². The van der Waals surface area contributed by atoms with Gasteiger partial charge in [-0.15, -0.1) is 0 Å². The zero-order valence-corrected chi connectivity index (χ0v) is 7.69. The van der Waals surface area contributed by atoms with Gasteiger partial charge in [-0.25, -0.2) is 0 Å². The molecule has 0 aliphatic rings. The van der Waals surface area contributed by atoms with Gasteiger partial charge in [0, 0.05) is 6.42 Å². The van der Waals surface area contributed by atoms with Crippen molar-refractivity contribution in [3.63, 3.8) is 0 Å². The van der Waals surface area contributed by atoms with Gasteiger partial charge in [-0.3, -0.25) is 0 Å². The summed E-state index contributed by atoms with van der Waals surface area (Å²) in [5.41, 5.74) is 3.47. The van der Waals surface area contributed by atoms with Gasteiger partial charge in [0.1, 0.15) is 0 Å². The molecule has 0 spiro atoms. The topological polar surface area (TPSA) is 47.9 Å². The Morgan fingerprint density at radius 1 is 1.33 bits per heavy atom. The Balaban J connectivity index is 0. The lowest BCUT2D eigenvalue weighted by atomic mass is 10.1. The average Bonchev–Trinajstić information content (AvgIpc) is 1.61. The second-order valence-electron chi connectivity index (χ2n) is 2.63. The normalized spacial score (nSPS) is 13.0. The lowest BCUT2D eigenvalue weighted by Gasteiger charge is -2.02. The maximum absolute atomic E-state index is 8.69. The molecule has 0 aromatic carbocycles. The highest BCUT2D eigenvalue weighted by atomic mass is 79.9. The van der Waals surface area contributed by atoms with Crippen LogP contribution in [-0.2, 0) is 0 Å². The molecule has 0 radical (unpaired) electrons. The molecule has 3 heteroatoms. The number of hydrogen-bond donors (Lipinski definition) is 2. The Labute approximate surface area is 67.2 Å². The lowest BCUT2D eigenvalue weighted by Crippen LogP contribution is -3.00. The number of rotatable bonds is 3. The third-order valence-corrected chi connectivity index (χ3v) is 1.08.